The lowest BCUT2D eigenvalue weighted by molar-refractivity contribution is 0.0722. The molecule has 1 atom stereocenters. The maximum Gasteiger partial charge on any atom is 0.139 e. The lowest BCUT2D eigenvalue weighted by atomic mass is 9.89. The fourth-order valence-electron chi connectivity index (χ4n) is 2.64. The third kappa shape index (κ3) is 1.82. The molecule has 2 aromatic carbocycles. The third-order valence-corrected chi connectivity index (χ3v) is 4.25. The maximum absolute atomic E-state index is 6.28. The van der Waals surface area contributed by atoms with Gasteiger partial charge in [0.25, 0.3) is 0 Å². The van der Waals surface area contributed by atoms with E-state index in [0.717, 1.165) is 22.2 Å². The summed E-state index contributed by atoms with van der Waals surface area (Å²) in [5.41, 5.74) is 7.17. The molecule has 0 saturated carbocycles. The van der Waals surface area contributed by atoms with Gasteiger partial charge in [0.1, 0.15) is 11.4 Å². The predicted molar refractivity (Wildman–Crippen MR) is 77.9 cm³/mol. The Bertz CT molecular complexity index is 621. The van der Waals surface area contributed by atoms with E-state index in [1.54, 1.807) is 0 Å². The quantitative estimate of drug-likeness (QED) is 0.793. The molecule has 0 radical (unpaired) electrons. The van der Waals surface area contributed by atoms with Crippen molar-refractivity contribution in [3.63, 3.8) is 0 Å². The van der Waals surface area contributed by atoms with Gasteiger partial charge in [0.05, 0.1) is 4.47 Å². The highest BCUT2D eigenvalue weighted by molar-refractivity contribution is 9.10. The van der Waals surface area contributed by atoms with Crippen LogP contribution in [0, 0.1) is 0 Å². The Kier molecular flexibility index (Phi) is 2.65. The van der Waals surface area contributed by atoms with Gasteiger partial charge in [-0.25, -0.2) is 0 Å². The molecule has 0 saturated heterocycles. The molecule has 1 unspecified atom stereocenters. The van der Waals surface area contributed by atoms with E-state index in [1.807, 2.05) is 12.1 Å². The molecular formula is C15H16BrNO. The Labute approximate surface area is 115 Å². The van der Waals surface area contributed by atoms with E-state index in [-0.39, 0.29) is 11.6 Å². The topological polar surface area (TPSA) is 35.2 Å². The first-order valence-electron chi connectivity index (χ1n) is 6.14. The fourth-order valence-corrected chi connectivity index (χ4v) is 3.31. The number of fused-ring (bicyclic) bond motifs is 2. The molecular weight excluding hydrogens is 290 g/mol. The van der Waals surface area contributed by atoms with E-state index >= 15 is 0 Å². The molecule has 0 amide bonds. The zero-order chi connectivity index (χ0) is 12.9. The van der Waals surface area contributed by atoms with Crippen LogP contribution in [-0.2, 0) is 0 Å². The molecule has 0 fully saturated rings. The van der Waals surface area contributed by atoms with Gasteiger partial charge < -0.3 is 10.5 Å². The average Bonchev–Trinajstić information content (AvgIpc) is 2.30. The third-order valence-electron chi connectivity index (χ3n) is 3.46. The molecule has 0 bridgehead atoms. The molecule has 0 aromatic heterocycles. The van der Waals surface area contributed by atoms with Crippen molar-refractivity contribution in [3.8, 4) is 5.75 Å². The highest BCUT2D eigenvalue weighted by atomic mass is 79.9. The van der Waals surface area contributed by atoms with Gasteiger partial charge in [-0.1, -0.05) is 24.3 Å². The van der Waals surface area contributed by atoms with E-state index < -0.39 is 0 Å². The van der Waals surface area contributed by atoms with Gasteiger partial charge in [0.15, 0.2) is 0 Å². The number of hydrogen-bond acceptors (Lipinski definition) is 2. The maximum atomic E-state index is 6.28. The van der Waals surface area contributed by atoms with Crippen LogP contribution in [0.1, 0.15) is 31.9 Å². The first-order valence-corrected chi connectivity index (χ1v) is 6.93. The lowest BCUT2D eigenvalue weighted by Crippen LogP contribution is -2.37. The average molecular weight is 306 g/mol. The predicted octanol–water partition coefficient (Wildman–Crippen LogP) is 4.16. The van der Waals surface area contributed by atoms with Crippen LogP contribution in [0.15, 0.2) is 34.8 Å². The van der Waals surface area contributed by atoms with E-state index in [0.29, 0.717) is 0 Å². The van der Waals surface area contributed by atoms with Crippen molar-refractivity contribution in [1.29, 1.82) is 0 Å². The van der Waals surface area contributed by atoms with Crippen LogP contribution in [0.3, 0.4) is 0 Å². The summed E-state index contributed by atoms with van der Waals surface area (Å²) in [5, 5.41) is 2.36. The number of rotatable bonds is 0. The summed E-state index contributed by atoms with van der Waals surface area (Å²) in [6.45, 7) is 4.16. The van der Waals surface area contributed by atoms with Crippen LogP contribution in [0.25, 0.3) is 10.8 Å². The van der Waals surface area contributed by atoms with E-state index in [9.17, 15) is 0 Å². The summed E-state index contributed by atoms with van der Waals surface area (Å²) in [4.78, 5) is 0. The minimum atomic E-state index is -0.211. The van der Waals surface area contributed by atoms with Crippen LogP contribution in [-0.4, -0.2) is 5.60 Å². The van der Waals surface area contributed by atoms with Gasteiger partial charge in [0, 0.05) is 18.0 Å². The van der Waals surface area contributed by atoms with Crippen LogP contribution < -0.4 is 10.5 Å². The van der Waals surface area contributed by atoms with Crippen molar-refractivity contribution in [3.05, 3.63) is 40.4 Å². The second-order valence-electron chi connectivity index (χ2n) is 5.50. The Hall–Kier alpha value is -1.06. The van der Waals surface area contributed by atoms with E-state index in [1.165, 1.54) is 10.8 Å². The van der Waals surface area contributed by atoms with Crippen LogP contribution in [0.4, 0.5) is 0 Å². The standard InChI is InChI=1S/C15H16BrNO/c1-15(2)8-12(17)11-7-9-5-3-4-6-10(9)13(16)14(11)18-15/h3-7,12H,8,17H2,1-2H3. The molecule has 94 valence electrons. The largest absolute Gasteiger partial charge is 0.486 e. The molecule has 1 aliphatic heterocycles. The Morgan fingerprint density at radius 2 is 2.06 bits per heavy atom. The Morgan fingerprint density at radius 3 is 2.83 bits per heavy atom. The lowest BCUT2D eigenvalue weighted by Gasteiger charge is -2.37. The molecule has 0 aliphatic carbocycles. The van der Waals surface area contributed by atoms with Crippen molar-refractivity contribution in [2.75, 3.05) is 0 Å². The molecule has 1 heterocycles. The number of ether oxygens (including phenoxy) is 1. The molecule has 18 heavy (non-hydrogen) atoms. The highest BCUT2D eigenvalue weighted by Crippen LogP contribution is 2.45. The van der Waals surface area contributed by atoms with Gasteiger partial charge in [-0.05, 0) is 46.6 Å². The smallest absolute Gasteiger partial charge is 0.139 e. The van der Waals surface area contributed by atoms with Gasteiger partial charge in [-0.2, -0.15) is 0 Å². The van der Waals surface area contributed by atoms with Crippen LogP contribution in [0.5, 0.6) is 5.75 Å². The number of hydrogen-bond donors (Lipinski definition) is 1. The normalized spacial score (nSPS) is 21.4. The van der Waals surface area contributed by atoms with Crippen LogP contribution >= 0.6 is 15.9 Å². The monoisotopic (exact) mass is 305 g/mol. The first-order chi connectivity index (χ1) is 8.48. The number of halogens is 1. The molecule has 2 aromatic rings. The van der Waals surface area contributed by atoms with Crippen molar-refractivity contribution in [2.24, 2.45) is 5.73 Å². The molecule has 0 spiro atoms. The highest BCUT2D eigenvalue weighted by Gasteiger charge is 2.33. The van der Waals surface area contributed by atoms with Crippen molar-refractivity contribution in [2.45, 2.75) is 31.9 Å². The SMILES string of the molecule is CC1(C)CC(N)c2cc3ccccc3c(Br)c2O1. The Morgan fingerprint density at radius 1 is 1.33 bits per heavy atom. The zero-order valence-electron chi connectivity index (χ0n) is 10.5. The minimum Gasteiger partial charge on any atom is -0.486 e. The summed E-state index contributed by atoms with van der Waals surface area (Å²) in [5.74, 6) is 0.900. The molecule has 2 nitrogen and oxygen atoms in total. The van der Waals surface area contributed by atoms with Crippen molar-refractivity contribution in [1.82, 2.24) is 0 Å². The van der Waals surface area contributed by atoms with Gasteiger partial charge >= 0.3 is 0 Å². The summed E-state index contributed by atoms with van der Waals surface area (Å²) >= 11 is 3.67. The number of benzene rings is 2. The summed E-state index contributed by atoms with van der Waals surface area (Å²) in [6, 6.07) is 10.5. The molecule has 3 rings (SSSR count). The van der Waals surface area contributed by atoms with Crippen molar-refractivity contribution < 1.29 is 4.74 Å². The first kappa shape index (κ1) is 12.0. The summed E-state index contributed by atoms with van der Waals surface area (Å²) in [6.07, 6.45) is 0.838. The Balaban J connectivity index is 2.30. The van der Waals surface area contributed by atoms with Crippen molar-refractivity contribution >= 4 is 26.7 Å². The van der Waals surface area contributed by atoms with Crippen LogP contribution in [0.2, 0.25) is 0 Å². The second-order valence-corrected chi connectivity index (χ2v) is 6.30. The molecule has 2 N–H and O–H groups in total. The molecule has 1 aliphatic rings. The summed E-state index contributed by atoms with van der Waals surface area (Å²) in [7, 11) is 0. The minimum absolute atomic E-state index is 0.0321. The van der Waals surface area contributed by atoms with Gasteiger partial charge in [0.2, 0.25) is 0 Å². The van der Waals surface area contributed by atoms with Gasteiger partial charge in [-0.15, -0.1) is 0 Å². The second kappa shape index (κ2) is 3.97. The van der Waals surface area contributed by atoms with E-state index in [2.05, 4.69) is 48.0 Å². The van der Waals surface area contributed by atoms with E-state index in [4.69, 9.17) is 10.5 Å². The summed E-state index contributed by atoms with van der Waals surface area (Å²) < 4.78 is 7.11. The van der Waals surface area contributed by atoms with Gasteiger partial charge in [-0.3, -0.25) is 0 Å². The number of nitrogens with two attached hydrogens (primary N) is 1. The fraction of sp³-hybridized carbons (Fsp3) is 0.333. The zero-order valence-corrected chi connectivity index (χ0v) is 12.1. The molecule has 3 heteroatoms.